The van der Waals surface area contributed by atoms with Crippen molar-refractivity contribution in [1.82, 2.24) is 20.2 Å². The van der Waals surface area contributed by atoms with Gasteiger partial charge in [-0.05, 0) is 39.0 Å². The molecular weight excluding hydrogens is 340 g/mol. The Morgan fingerprint density at radius 3 is 3.07 bits per heavy atom. The quantitative estimate of drug-likeness (QED) is 0.885. The summed E-state index contributed by atoms with van der Waals surface area (Å²) < 4.78 is 5.95. The van der Waals surface area contributed by atoms with E-state index in [9.17, 15) is 4.79 Å². The van der Waals surface area contributed by atoms with Crippen LogP contribution in [0.15, 0.2) is 10.6 Å². The molecule has 1 N–H and O–H groups in total. The van der Waals surface area contributed by atoms with Crippen LogP contribution in [0.3, 0.4) is 0 Å². The molecule has 1 atom stereocenters. The van der Waals surface area contributed by atoms with Gasteiger partial charge in [0, 0.05) is 55.5 Å². The van der Waals surface area contributed by atoms with Crippen LogP contribution in [0.4, 0.5) is 0 Å². The van der Waals surface area contributed by atoms with Crippen molar-refractivity contribution in [1.29, 1.82) is 0 Å². The van der Waals surface area contributed by atoms with E-state index in [0.29, 0.717) is 0 Å². The van der Waals surface area contributed by atoms with Gasteiger partial charge in [0.25, 0.3) is 5.91 Å². The van der Waals surface area contributed by atoms with Crippen molar-refractivity contribution < 1.29 is 9.21 Å². The van der Waals surface area contributed by atoms with E-state index in [1.807, 2.05) is 18.0 Å². The number of rotatable bonds is 2. The van der Waals surface area contributed by atoms with Gasteiger partial charge in [0.1, 0.15) is 11.5 Å². The standard InChI is InChI=1S/C21H26N4O2/c1-13-19(15-5-2-3-7-18(15)27-13)21(26)25-10-4-6-17(25)20-23-12-14-11-22-9-8-16(14)24-20/h12,17,22H,2-11H2,1H3. The van der Waals surface area contributed by atoms with E-state index in [2.05, 4.69) is 10.3 Å². The lowest BCUT2D eigenvalue weighted by Crippen LogP contribution is -2.33. The van der Waals surface area contributed by atoms with Gasteiger partial charge in [-0.3, -0.25) is 4.79 Å². The molecule has 4 heterocycles. The van der Waals surface area contributed by atoms with Crippen LogP contribution in [0.2, 0.25) is 0 Å². The monoisotopic (exact) mass is 366 g/mol. The van der Waals surface area contributed by atoms with Crippen LogP contribution in [0.25, 0.3) is 0 Å². The van der Waals surface area contributed by atoms with Gasteiger partial charge in [-0.2, -0.15) is 0 Å². The van der Waals surface area contributed by atoms with Crippen molar-refractivity contribution in [3.05, 3.63) is 45.9 Å². The number of carbonyl (C=O) groups is 1. The number of carbonyl (C=O) groups excluding carboxylic acids is 1. The Kier molecular flexibility index (Phi) is 4.23. The summed E-state index contributed by atoms with van der Waals surface area (Å²) in [6.45, 7) is 4.49. The van der Waals surface area contributed by atoms with Crippen molar-refractivity contribution in [3.8, 4) is 0 Å². The van der Waals surface area contributed by atoms with Crippen LogP contribution in [0.1, 0.15) is 76.2 Å². The summed E-state index contributed by atoms with van der Waals surface area (Å²) in [5.41, 5.74) is 4.26. The van der Waals surface area contributed by atoms with Crippen molar-refractivity contribution in [2.24, 2.45) is 0 Å². The zero-order valence-electron chi connectivity index (χ0n) is 15.9. The van der Waals surface area contributed by atoms with Crippen molar-refractivity contribution in [2.45, 2.75) is 64.5 Å². The lowest BCUT2D eigenvalue weighted by molar-refractivity contribution is 0.0726. The SMILES string of the molecule is Cc1oc2c(c1C(=O)N1CCCC1c1ncc3c(n1)CCNC3)CCCC2. The lowest BCUT2D eigenvalue weighted by atomic mass is 9.94. The van der Waals surface area contributed by atoms with Gasteiger partial charge in [-0.15, -0.1) is 0 Å². The number of aryl methyl sites for hydroxylation is 2. The number of nitrogens with zero attached hydrogens (tertiary/aromatic N) is 3. The summed E-state index contributed by atoms with van der Waals surface area (Å²) in [4.78, 5) is 24.9. The number of likely N-dealkylation sites (tertiary alicyclic amines) is 1. The predicted molar refractivity (Wildman–Crippen MR) is 101 cm³/mol. The van der Waals surface area contributed by atoms with E-state index in [4.69, 9.17) is 9.40 Å². The Hall–Kier alpha value is -2.21. The first-order valence-electron chi connectivity index (χ1n) is 10.2. The Morgan fingerprint density at radius 2 is 2.15 bits per heavy atom. The van der Waals surface area contributed by atoms with Crippen molar-refractivity contribution >= 4 is 5.91 Å². The molecule has 5 rings (SSSR count). The zero-order valence-corrected chi connectivity index (χ0v) is 15.9. The van der Waals surface area contributed by atoms with Gasteiger partial charge in [0.05, 0.1) is 11.6 Å². The van der Waals surface area contributed by atoms with Crippen LogP contribution in [0.5, 0.6) is 0 Å². The second-order valence-electron chi connectivity index (χ2n) is 7.93. The van der Waals surface area contributed by atoms with Crippen LogP contribution < -0.4 is 5.32 Å². The second kappa shape index (κ2) is 6.75. The van der Waals surface area contributed by atoms with Gasteiger partial charge in [0.15, 0.2) is 5.82 Å². The van der Waals surface area contributed by atoms with E-state index in [0.717, 1.165) is 98.7 Å². The zero-order chi connectivity index (χ0) is 18.4. The molecule has 2 aromatic rings. The smallest absolute Gasteiger partial charge is 0.258 e. The normalized spacial score (nSPS) is 21.8. The molecule has 1 fully saturated rings. The fourth-order valence-corrected chi connectivity index (χ4v) is 4.82. The molecule has 6 nitrogen and oxygen atoms in total. The number of hydrogen-bond donors (Lipinski definition) is 1. The fraction of sp³-hybridized carbons (Fsp3) is 0.571. The molecule has 0 aromatic carbocycles. The Balaban J connectivity index is 1.46. The maximum atomic E-state index is 13.5. The van der Waals surface area contributed by atoms with Crippen molar-refractivity contribution in [2.75, 3.05) is 13.1 Å². The highest BCUT2D eigenvalue weighted by atomic mass is 16.3. The number of hydrogen-bond acceptors (Lipinski definition) is 5. The first-order chi connectivity index (χ1) is 13.2. The molecule has 2 aromatic heterocycles. The number of fused-ring (bicyclic) bond motifs is 2. The maximum Gasteiger partial charge on any atom is 0.258 e. The van der Waals surface area contributed by atoms with Gasteiger partial charge in [-0.1, -0.05) is 0 Å². The number of nitrogens with one attached hydrogen (secondary N) is 1. The molecule has 0 spiro atoms. The topological polar surface area (TPSA) is 71.3 Å². The molecule has 0 radical (unpaired) electrons. The summed E-state index contributed by atoms with van der Waals surface area (Å²) in [5, 5.41) is 3.36. The summed E-state index contributed by atoms with van der Waals surface area (Å²) in [6, 6.07) is -0.0220. The molecule has 3 aliphatic rings. The third kappa shape index (κ3) is 2.87. The Labute approximate surface area is 159 Å². The first-order valence-corrected chi connectivity index (χ1v) is 10.2. The van der Waals surface area contributed by atoms with Crippen LogP contribution in [0, 0.1) is 6.92 Å². The molecule has 1 unspecified atom stereocenters. The average molecular weight is 366 g/mol. The Bertz CT molecular complexity index is 889. The third-order valence-corrected chi connectivity index (χ3v) is 6.20. The van der Waals surface area contributed by atoms with Crippen molar-refractivity contribution in [3.63, 3.8) is 0 Å². The minimum Gasteiger partial charge on any atom is -0.465 e. The van der Waals surface area contributed by atoms with Gasteiger partial charge in [0.2, 0.25) is 0 Å². The number of aromatic nitrogens is 2. The van der Waals surface area contributed by atoms with Gasteiger partial charge < -0.3 is 14.6 Å². The molecular formula is C21H26N4O2. The first kappa shape index (κ1) is 16.9. The molecule has 27 heavy (non-hydrogen) atoms. The minimum atomic E-state index is -0.0220. The molecule has 2 aliphatic heterocycles. The highest BCUT2D eigenvalue weighted by Crippen LogP contribution is 2.36. The number of furan rings is 1. The van der Waals surface area contributed by atoms with Crippen LogP contribution in [-0.4, -0.2) is 33.9 Å². The fourth-order valence-electron chi connectivity index (χ4n) is 4.82. The molecule has 1 amide bonds. The van der Waals surface area contributed by atoms with Crippen LogP contribution >= 0.6 is 0 Å². The third-order valence-electron chi connectivity index (χ3n) is 6.20. The molecule has 1 saturated heterocycles. The Morgan fingerprint density at radius 1 is 1.26 bits per heavy atom. The van der Waals surface area contributed by atoms with E-state index in [-0.39, 0.29) is 11.9 Å². The summed E-state index contributed by atoms with van der Waals surface area (Å²) in [5.74, 6) is 2.70. The van der Waals surface area contributed by atoms with Gasteiger partial charge >= 0.3 is 0 Å². The lowest BCUT2D eigenvalue weighted by Gasteiger charge is -2.25. The number of amides is 1. The molecule has 6 heteroatoms. The van der Waals surface area contributed by atoms with E-state index in [1.54, 1.807) is 0 Å². The second-order valence-corrected chi connectivity index (χ2v) is 7.93. The summed E-state index contributed by atoms with van der Waals surface area (Å²) in [6.07, 6.45) is 8.99. The minimum absolute atomic E-state index is 0.0220. The highest BCUT2D eigenvalue weighted by Gasteiger charge is 2.36. The molecule has 0 bridgehead atoms. The predicted octanol–water partition coefficient (Wildman–Crippen LogP) is 2.88. The van der Waals surface area contributed by atoms with Gasteiger partial charge in [-0.25, -0.2) is 9.97 Å². The summed E-state index contributed by atoms with van der Waals surface area (Å²) in [7, 11) is 0. The molecule has 1 aliphatic carbocycles. The van der Waals surface area contributed by atoms with E-state index in [1.165, 1.54) is 5.56 Å². The van der Waals surface area contributed by atoms with E-state index < -0.39 is 0 Å². The maximum absolute atomic E-state index is 13.5. The van der Waals surface area contributed by atoms with Crippen LogP contribution in [-0.2, 0) is 25.8 Å². The molecule has 142 valence electrons. The average Bonchev–Trinajstić information content (AvgIpc) is 3.31. The highest BCUT2D eigenvalue weighted by molar-refractivity contribution is 5.97. The van der Waals surface area contributed by atoms with E-state index >= 15 is 0 Å². The summed E-state index contributed by atoms with van der Waals surface area (Å²) >= 11 is 0. The molecule has 0 saturated carbocycles. The largest absolute Gasteiger partial charge is 0.465 e.